The standard InChI is InChI=1S/C11H19N5O/c1-8-9(13-7-14-10(8)16-12)15-11(2)3-5-17-6-4-11/h7H,3-6,12H2,1-2H3,(H2,13,14,15,16). The van der Waals surface area contributed by atoms with Crippen molar-refractivity contribution in [1.29, 1.82) is 0 Å². The van der Waals surface area contributed by atoms with E-state index in [-0.39, 0.29) is 5.54 Å². The summed E-state index contributed by atoms with van der Waals surface area (Å²) < 4.78 is 5.37. The van der Waals surface area contributed by atoms with Gasteiger partial charge in [0, 0.05) is 24.3 Å². The summed E-state index contributed by atoms with van der Waals surface area (Å²) in [4.78, 5) is 8.33. The van der Waals surface area contributed by atoms with E-state index in [4.69, 9.17) is 10.6 Å². The van der Waals surface area contributed by atoms with Crippen LogP contribution in [0.25, 0.3) is 0 Å². The highest BCUT2D eigenvalue weighted by molar-refractivity contribution is 5.56. The van der Waals surface area contributed by atoms with Gasteiger partial charge in [0.1, 0.15) is 18.0 Å². The number of ether oxygens (including phenoxy) is 1. The van der Waals surface area contributed by atoms with Crippen molar-refractivity contribution in [3.05, 3.63) is 11.9 Å². The molecule has 2 heterocycles. The number of hydrazine groups is 1. The average molecular weight is 237 g/mol. The molecule has 0 saturated carbocycles. The molecule has 17 heavy (non-hydrogen) atoms. The number of aromatic nitrogens is 2. The molecular weight excluding hydrogens is 218 g/mol. The maximum absolute atomic E-state index is 5.40. The van der Waals surface area contributed by atoms with Crippen LogP contribution in [-0.2, 0) is 4.74 Å². The normalized spacial score (nSPS) is 18.8. The summed E-state index contributed by atoms with van der Waals surface area (Å²) in [6.45, 7) is 5.71. The van der Waals surface area contributed by atoms with E-state index in [1.807, 2.05) is 6.92 Å². The van der Waals surface area contributed by atoms with Crippen molar-refractivity contribution in [2.45, 2.75) is 32.2 Å². The highest BCUT2D eigenvalue weighted by Crippen LogP contribution is 2.27. The van der Waals surface area contributed by atoms with Gasteiger partial charge in [-0.2, -0.15) is 0 Å². The van der Waals surface area contributed by atoms with Gasteiger partial charge in [0.15, 0.2) is 0 Å². The lowest BCUT2D eigenvalue weighted by Crippen LogP contribution is -2.41. The average Bonchev–Trinajstić information content (AvgIpc) is 2.32. The Bertz CT molecular complexity index is 389. The summed E-state index contributed by atoms with van der Waals surface area (Å²) in [5.74, 6) is 6.88. The molecule has 0 bridgehead atoms. The minimum absolute atomic E-state index is 0.0310. The Morgan fingerprint density at radius 3 is 2.59 bits per heavy atom. The Hall–Kier alpha value is -1.40. The molecule has 0 radical (unpaired) electrons. The van der Waals surface area contributed by atoms with E-state index < -0.39 is 0 Å². The van der Waals surface area contributed by atoms with Gasteiger partial charge in [-0.25, -0.2) is 15.8 Å². The second-order valence-corrected chi connectivity index (χ2v) is 4.64. The zero-order chi connectivity index (χ0) is 12.3. The molecule has 0 atom stereocenters. The van der Waals surface area contributed by atoms with Crippen molar-refractivity contribution in [2.75, 3.05) is 24.0 Å². The number of anilines is 2. The number of nitrogens with one attached hydrogen (secondary N) is 2. The quantitative estimate of drug-likeness (QED) is 0.538. The molecule has 1 aliphatic heterocycles. The van der Waals surface area contributed by atoms with Gasteiger partial charge < -0.3 is 15.5 Å². The monoisotopic (exact) mass is 237 g/mol. The summed E-state index contributed by atoms with van der Waals surface area (Å²) in [5, 5.41) is 3.47. The van der Waals surface area contributed by atoms with Gasteiger partial charge in [-0.3, -0.25) is 0 Å². The predicted octanol–water partition coefficient (Wildman–Crippen LogP) is 1.05. The van der Waals surface area contributed by atoms with Crippen LogP contribution in [0.1, 0.15) is 25.3 Å². The van der Waals surface area contributed by atoms with Crippen molar-refractivity contribution in [3.8, 4) is 0 Å². The maximum atomic E-state index is 5.40. The molecule has 0 spiro atoms. The lowest BCUT2D eigenvalue weighted by molar-refractivity contribution is 0.0657. The summed E-state index contributed by atoms with van der Waals surface area (Å²) in [7, 11) is 0. The highest BCUT2D eigenvalue weighted by atomic mass is 16.5. The molecule has 1 aliphatic rings. The van der Waals surface area contributed by atoms with Gasteiger partial charge in [0.05, 0.1) is 0 Å². The van der Waals surface area contributed by atoms with E-state index in [1.54, 1.807) is 0 Å². The van der Waals surface area contributed by atoms with Crippen molar-refractivity contribution in [1.82, 2.24) is 9.97 Å². The fourth-order valence-electron chi connectivity index (χ4n) is 1.95. The Balaban J connectivity index is 2.17. The highest BCUT2D eigenvalue weighted by Gasteiger charge is 2.28. The SMILES string of the molecule is Cc1c(NN)ncnc1NC1(C)CCOCC1. The summed E-state index contributed by atoms with van der Waals surface area (Å²) in [6, 6.07) is 0. The Morgan fingerprint density at radius 2 is 1.94 bits per heavy atom. The zero-order valence-electron chi connectivity index (χ0n) is 10.3. The Labute approximate surface area is 101 Å². The predicted molar refractivity (Wildman–Crippen MR) is 66.7 cm³/mol. The number of nitrogen functional groups attached to an aromatic ring is 1. The molecule has 1 saturated heterocycles. The minimum Gasteiger partial charge on any atom is -0.381 e. The smallest absolute Gasteiger partial charge is 0.148 e. The van der Waals surface area contributed by atoms with E-state index in [0.717, 1.165) is 37.4 Å². The molecule has 2 rings (SSSR count). The number of nitrogens with zero attached hydrogens (tertiary/aromatic N) is 2. The topological polar surface area (TPSA) is 85.1 Å². The van der Waals surface area contributed by atoms with Crippen molar-refractivity contribution < 1.29 is 4.74 Å². The molecule has 1 fully saturated rings. The van der Waals surface area contributed by atoms with Gasteiger partial charge >= 0.3 is 0 Å². The van der Waals surface area contributed by atoms with Crippen LogP contribution in [0.5, 0.6) is 0 Å². The first-order valence-corrected chi connectivity index (χ1v) is 5.79. The minimum atomic E-state index is 0.0310. The maximum Gasteiger partial charge on any atom is 0.148 e. The van der Waals surface area contributed by atoms with E-state index in [2.05, 4.69) is 27.6 Å². The van der Waals surface area contributed by atoms with Crippen molar-refractivity contribution >= 4 is 11.6 Å². The first kappa shape index (κ1) is 12.1. The van der Waals surface area contributed by atoms with Crippen molar-refractivity contribution in [3.63, 3.8) is 0 Å². The van der Waals surface area contributed by atoms with Crippen LogP contribution in [0.2, 0.25) is 0 Å². The lowest BCUT2D eigenvalue weighted by Gasteiger charge is -2.35. The van der Waals surface area contributed by atoms with Crippen LogP contribution < -0.4 is 16.6 Å². The first-order chi connectivity index (χ1) is 8.14. The molecule has 0 unspecified atom stereocenters. The number of nitrogens with two attached hydrogens (primary N) is 1. The van der Waals surface area contributed by atoms with E-state index >= 15 is 0 Å². The van der Waals surface area contributed by atoms with Crippen LogP contribution in [-0.4, -0.2) is 28.7 Å². The van der Waals surface area contributed by atoms with E-state index in [9.17, 15) is 0 Å². The Morgan fingerprint density at radius 1 is 1.29 bits per heavy atom. The van der Waals surface area contributed by atoms with Crippen molar-refractivity contribution in [2.24, 2.45) is 5.84 Å². The molecular formula is C11H19N5O. The molecule has 94 valence electrons. The fraction of sp³-hybridized carbons (Fsp3) is 0.636. The molecule has 0 aliphatic carbocycles. The first-order valence-electron chi connectivity index (χ1n) is 5.79. The van der Waals surface area contributed by atoms with Gasteiger partial charge in [0.2, 0.25) is 0 Å². The van der Waals surface area contributed by atoms with Crippen LogP contribution >= 0.6 is 0 Å². The molecule has 0 amide bonds. The summed E-state index contributed by atoms with van der Waals surface area (Å²) in [5.41, 5.74) is 3.53. The number of rotatable bonds is 3. The summed E-state index contributed by atoms with van der Waals surface area (Å²) in [6.07, 6.45) is 3.46. The van der Waals surface area contributed by atoms with Crippen LogP contribution in [0.4, 0.5) is 11.6 Å². The third-order valence-electron chi connectivity index (χ3n) is 3.24. The fourth-order valence-corrected chi connectivity index (χ4v) is 1.95. The van der Waals surface area contributed by atoms with Gasteiger partial charge in [-0.1, -0.05) is 0 Å². The van der Waals surface area contributed by atoms with Crippen LogP contribution in [0.3, 0.4) is 0 Å². The molecule has 4 N–H and O–H groups in total. The zero-order valence-corrected chi connectivity index (χ0v) is 10.3. The van der Waals surface area contributed by atoms with Gasteiger partial charge in [-0.15, -0.1) is 0 Å². The lowest BCUT2D eigenvalue weighted by atomic mass is 9.92. The number of hydrogen-bond donors (Lipinski definition) is 3. The van der Waals surface area contributed by atoms with Gasteiger partial charge in [-0.05, 0) is 26.7 Å². The second kappa shape index (κ2) is 4.85. The molecule has 6 heteroatoms. The molecule has 0 aromatic carbocycles. The Kier molecular flexibility index (Phi) is 3.44. The molecule has 1 aromatic rings. The molecule has 6 nitrogen and oxygen atoms in total. The second-order valence-electron chi connectivity index (χ2n) is 4.64. The largest absolute Gasteiger partial charge is 0.381 e. The third kappa shape index (κ3) is 2.65. The van der Waals surface area contributed by atoms with Crippen LogP contribution in [0, 0.1) is 6.92 Å². The summed E-state index contributed by atoms with van der Waals surface area (Å²) >= 11 is 0. The van der Waals surface area contributed by atoms with E-state index in [0.29, 0.717) is 5.82 Å². The molecule has 1 aromatic heterocycles. The van der Waals surface area contributed by atoms with Gasteiger partial charge in [0.25, 0.3) is 0 Å². The third-order valence-corrected chi connectivity index (χ3v) is 3.24. The van der Waals surface area contributed by atoms with Crippen LogP contribution in [0.15, 0.2) is 6.33 Å². The van der Waals surface area contributed by atoms with E-state index in [1.165, 1.54) is 6.33 Å². The number of hydrogen-bond acceptors (Lipinski definition) is 6.